The fraction of sp³-hybridized carbons (Fsp3) is 0.300. The number of hydrogen-bond acceptors (Lipinski definition) is 3. The van der Waals surface area contributed by atoms with Gasteiger partial charge < -0.3 is 5.11 Å². The van der Waals surface area contributed by atoms with Crippen LogP contribution >= 0.6 is 0 Å². The molecule has 1 heterocycles. The van der Waals surface area contributed by atoms with Crippen molar-refractivity contribution in [1.29, 1.82) is 0 Å². The lowest BCUT2D eigenvalue weighted by molar-refractivity contribution is -0.276. The standard InChI is InChI=1S/C10H10O4/c11-10(12)8-4-2-1-3-7(8)9-5-6-13-14-9/h1-4,9H,5-6H2,(H,11,12). The van der Waals surface area contributed by atoms with Gasteiger partial charge in [0.1, 0.15) is 6.10 Å². The van der Waals surface area contributed by atoms with E-state index in [1.54, 1.807) is 24.3 Å². The molecule has 0 aromatic heterocycles. The highest BCUT2D eigenvalue weighted by atomic mass is 17.2. The first-order chi connectivity index (χ1) is 6.79. The molecule has 1 aliphatic heterocycles. The fourth-order valence-electron chi connectivity index (χ4n) is 1.51. The lowest BCUT2D eigenvalue weighted by atomic mass is 10.0. The van der Waals surface area contributed by atoms with Crippen molar-refractivity contribution in [2.24, 2.45) is 0 Å². The zero-order chi connectivity index (χ0) is 9.97. The third-order valence-corrected chi connectivity index (χ3v) is 2.19. The molecule has 4 nitrogen and oxygen atoms in total. The Labute approximate surface area is 81.0 Å². The minimum Gasteiger partial charge on any atom is -0.478 e. The van der Waals surface area contributed by atoms with E-state index in [0.717, 1.165) is 0 Å². The molecule has 1 unspecified atom stereocenters. The molecule has 1 saturated heterocycles. The Hall–Kier alpha value is -1.39. The molecule has 1 N–H and O–H groups in total. The van der Waals surface area contributed by atoms with Crippen LogP contribution < -0.4 is 0 Å². The van der Waals surface area contributed by atoms with E-state index < -0.39 is 5.97 Å². The van der Waals surface area contributed by atoms with Crippen LogP contribution in [-0.4, -0.2) is 17.7 Å². The van der Waals surface area contributed by atoms with E-state index in [0.29, 0.717) is 18.6 Å². The Balaban J connectivity index is 2.35. The van der Waals surface area contributed by atoms with Crippen LogP contribution in [0.4, 0.5) is 0 Å². The van der Waals surface area contributed by atoms with Gasteiger partial charge in [0.15, 0.2) is 0 Å². The topological polar surface area (TPSA) is 55.8 Å². The van der Waals surface area contributed by atoms with Gasteiger partial charge in [-0.2, -0.15) is 0 Å². The summed E-state index contributed by atoms with van der Waals surface area (Å²) in [5, 5.41) is 8.93. The number of hydrogen-bond donors (Lipinski definition) is 1. The summed E-state index contributed by atoms with van der Waals surface area (Å²) >= 11 is 0. The average Bonchev–Trinajstić information content (AvgIpc) is 2.70. The second-order valence-corrected chi connectivity index (χ2v) is 3.09. The van der Waals surface area contributed by atoms with E-state index >= 15 is 0 Å². The maximum Gasteiger partial charge on any atom is 0.336 e. The van der Waals surface area contributed by atoms with Crippen molar-refractivity contribution >= 4 is 5.97 Å². The fourth-order valence-corrected chi connectivity index (χ4v) is 1.51. The zero-order valence-corrected chi connectivity index (χ0v) is 7.47. The number of carboxylic acid groups (broad SMARTS) is 1. The van der Waals surface area contributed by atoms with Crippen molar-refractivity contribution < 1.29 is 19.7 Å². The van der Waals surface area contributed by atoms with Crippen LogP contribution in [0.3, 0.4) is 0 Å². The number of carboxylic acids is 1. The summed E-state index contributed by atoms with van der Waals surface area (Å²) in [5.74, 6) is -0.934. The van der Waals surface area contributed by atoms with Gasteiger partial charge in [0, 0.05) is 6.42 Å². The number of aromatic carboxylic acids is 1. The molecule has 1 fully saturated rings. The highest BCUT2D eigenvalue weighted by Gasteiger charge is 2.23. The molecule has 0 aliphatic carbocycles. The summed E-state index contributed by atoms with van der Waals surface area (Å²) in [6, 6.07) is 6.81. The van der Waals surface area contributed by atoms with Crippen molar-refractivity contribution in [3.05, 3.63) is 35.4 Å². The van der Waals surface area contributed by atoms with Crippen molar-refractivity contribution in [2.45, 2.75) is 12.5 Å². The molecular weight excluding hydrogens is 184 g/mol. The lowest BCUT2D eigenvalue weighted by Gasteiger charge is -2.09. The summed E-state index contributed by atoms with van der Waals surface area (Å²) in [6.45, 7) is 0.513. The Morgan fingerprint density at radius 2 is 2.21 bits per heavy atom. The van der Waals surface area contributed by atoms with Gasteiger partial charge in [-0.1, -0.05) is 18.2 Å². The average molecular weight is 194 g/mol. The summed E-state index contributed by atoms with van der Waals surface area (Å²) in [4.78, 5) is 20.6. The molecule has 2 rings (SSSR count). The zero-order valence-electron chi connectivity index (χ0n) is 7.47. The van der Waals surface area contributed by atoms with E-state index in [2.05, 4.69) is 0 Å². The molecule has 0 spiro atoms. The Morgan fingerprint density at radius 3 is 2.86 bits per heavy atom. The van der Waals surface area contributed by atoms with Crippen molar-refractivity contribution in [1.82, 2.24) is 0 Å². The Morgan fingerprint density at radius 1 is 1.43 bits per heavy atom. The van der Waals surface area contributed by atoms with Crippen molar-refractivity contribution in [3.8, 4) is 0 Å². The van der Waals surface area contributed by atoms with Crippen LogP contribution in [0, 0.1) is 0 Å². The normalized spacial score (nSPS) is 21.0. The molecule has 1 aromatic rings. The molecular formula is C10H10O4. The number of rotatable bonds is 2. The van der Waals surface area contributed by atoms with E-state index in [1.165, 1.54) is 0 Å². The molecule has 0 saturated carbocycles. The van der Waals surface area contributed by atoms with Gasteiger partial charge >= 0.3 is 5.97 Å². The third-order valence-electron chi connectivity index (χ3n) is 2.19. The molecule has 1 aliphatic rings. The SMILES string of the molecule is O=C(O)c1ccccc1C1CCOO1. The highest BCUT2D eigenvalue weighted by molar-refractivity contribution is 5.89. The van der Waals surface area contributed by atoms with E-state index in [-0.39, 0.29) is 11.7 Å². The molecule has 4 heteroatoms. The molecule has 74 valence electrons. The van der Waals surface area contributed by atoms with Crippen LogP contribution in [0.15, 0.2) is 24.3 Å². The van der Waals surface area contributed by atoms with Crippen LogP contribution in [0.1, 0.15) is 28.4 Å². The van der Waals surface area contributed by atoms with Gasteiger partial charge in [-0.05, 0) is 11.6 Å². The largest absolute Gasteiger partial charge is 0.478 e. The van der Waals surface area contributed by atoms with Crippen molar-refractivity contribution in [2.75, 3.05) is 6.61 Å². The molecule has 14 heavy (non-hydrogen) atoms. The molecule has 0 bridgehead atoms. The summed E-state index contributed by atoms with van der Waals surface area (Å²) in [6.07, 6.45) is 0.451. The second kappa shape index (κ2) is 3.77. The smallest absolute Gasteiger partial charge is 0.336 e. The van der Waals surface area contributed by atoms with Crippen LogP contribution in [0.5, 0.6) is 0 Å². The molecule has 0 amide bonds. The number of carbonyl (C=O) groups is 1. The molecule has 1 atom stereocenters. The highest BCUT2D eigenvalue weighted by Crippen LogP contribution is 2.28. The van der Waals surface area contributed by atoms with Crippen LogP contribution in [0.25, 0.3) is 0 Å². The van der Waals surface area contributed by atoms with Crippen LogP contribution in [0.2, 0.25) is 0 Å². The van der Waals surface area contributed by atoms with Crippen LogP contribution in [-0.2, 0) is 9.78 Å². The summed E-state index contributed by atoms with van der Waals surface area (Å²) < 4.78 is 0. The third kappa shape index (κ3) is 1.62. The number of benzene rings is 1. The van der Waals surface area contributed by atoms with E-state index in [1.807, 2.05) is 0 Å². The molecule has 0 radical (unpaired) electrons. The van der Waals surface area contributed by atoms with Gasteiger partial charge in [-0.15, -0.1) is 0 Å². The first kappa shape index (κ1) is 9.18. The maximum absolute atomic E-state index is 10.9. The monoisotopic (exact) mass is 194 g/mol. The summed E-state index contributed by atoms with van der Waals surface area (Å²) in [7, 11) is 0. The minimum absolute atomic E-state index is 0.248. The van der Waals surface area contributed by atoms with Gasteiger partial charge in [-0.3, -0.25) is 0 Å². The van der Waals surface area contributed by atoms with E-state index in [9.17, 15) is 4.79 Å². The minimum atomic E-state index is -0.934. The van der Waals surface area contributed by atoms with Gasteiger partial charge in [-0.25, -0.2) is 14.6 Å². The predicted molar refractivity (Wildman–Crippen MR) is 47.8 cm³/mol. The first-order valence-corrected chi connectivity index (χ1v) is 4.39. The van der Waals surface area contributed by atoms with Gasteiger partial charge in [0.2, 0.25) is 0 Å². The van der Waals surface area contributed by atoms with E-state index in [4.69, 9.17) is 14.9 Å². The van der Waals surface area contributed by atoms with Gasteiger partial charge in [0.05, 0.1) is 12.2 Å². The second-order valence-electron chi connectivity index (χ2n) is 3.09. The lowest BCUT2D eigenvalue weighted by Crippen LogP contribution is -2.06. The summed E-state index contributed by atoms with van der Waals surface area (Å²) in [5.41, 5.74) is 0.959. The van der Waals surface area contributed by atoms with Crippen molar-refractivity contribution in [3.63, 3.8) is 0 Å². The predicted octanol–water partition coefficient (Wildman–Crippen LogP) is 1.78. The first-order valence-electron chi connectivity index (χ1n) is 4.39. The van der Waals surface area contributed by atoms with Gasteiger partial charge in [0.25, 0.3) is 0 Å². The molecule has 1 aromatic carbocycles. The quantitative estimate of drug-likeness (QED) is 0.729. The Bertz CT molecular complexity index is 342. The Kier molecular flexibility index (Phi) is 2.47. The maximum atomic E-state index is 10.9.